The van der Waals surface area contributed by atoms with Gasteiger partial charge in [-0.2, -0.15) is 0 Å². The molecule has 3 aromatic heterocycles. The number of pyridine rings is 2. The molecule has 4 heterocycles. The lowest BCUT2D eigenvalue weighted by Crippen LogP contribution is -2.32. The highest BCUT2D eigenvalue weighted by atomic mass is 16.1. The molecule has 0 aromatic carbocycles. The van der Waals surface area contributed by atoms with Crippen molar-refractivity contribution in [3.63, 3.8) is 0 Å². The second-order valence-corrected chi connectivity index (χ2v) is 9.57. The van der Waals surface area contributed by atoms with Crippen molar-refractivity contribution in [3.8, 4) is 0 Å². The van der Waals surface area contributed by atoms with Gasteiger partial charge in [0.1, 0.15) is 17.2 Å². The van der Waals surface area contributed by atoms with Crippen LogP contribution < -0.4 is 10.6 Å². The summed E-state index contributed by atoms with van der Waals surface area (Å²) < 4.78 is 1.95. The number of carbonyl (C=O) groups is 1. The number of hydrogen-bond donors (Lipinski definition) is 1. The lowest BCUT2D eigenvalue weighted by molar-refractivity contribution is 0.0992. The first-order valence-corrected chi connectivity index (χ1v) is 11.8. The lowest BCUT2D eigenvalue weighted by atomic mass is 9.91. The van der Waals surface area contributed by atoms with E-state index < -0.39 is 5.91 Å². The summed E-state index contributed by atoms with van der Waals surface area (Å²) in [6.45, 7) is 2.40. The molecule has 174 valence electrons. The molecular formula is C25H33N7O. The molecule has 2 aliphatic rings. The Bertz CT molecular complexity index is 1170. The van der Waals surface area contributed by atoms with Gasteiger partial charge in [-0.25, -0.2) is 4.98 Å². The maximum atomic E-state index is 12.7. The Labute approximate surface area is 195 Å². The topological polar surface area (TPSA) is 83.0 Å². The first kappa shape index (κ1) is 21.9. The van der Waals surface area contributed by atoms with E-state index in [2.05, 4.69) is 53.0 Å². The molecule has 1 saturated heterocycles. The number of anilines is 1. The Balaban J connectivity index is 1.50. The molecule has 0 radical (unpaired) electrons. The summed E-state index contributed by atoms with van der Waals surface area (Å²) in [6.07, 6.45) is 6.21. The average molecular weight is 448 g/mol. The number of nitrogens with two attached hydrogens (primary N) is 1. The summed E-state index contributed by atoms with van der Waals surface area (Å²) in [4.78, 5) is 29.1. The maximum Gasteiger partial charge on any atom is 0.267 e. The van der Waals surface area contributed by atoms with Crippen LogP contribution in [0.4, 0.5) is 5.82 Å². The van der Waals surface area contributed by atoms with Crippen LogP contribution in [0, 0.1) is 0 Å². The number of hydrogen-bond acceptors (Lipinski definition) is 6. The van der Waals surface area contributed by atoms with Crippen LogP contribution in [0.1, 0.15) is 52.7 Å². The number of carbonyl (C=O) groups excluding carboxylic acids is 1. The molecule has 0 spiro atoms. The Morgan fingerprint density at radius 1 is 1.18 bits per heavy atom. The first-order valence-electron chi connectivity index (χ1n) is 11.8. The van der Waals surface area contributed by atoms with Gasteiger partial charge in [-0.3, -0.25) is 19.1 Å². The third-order valence-corrected chi connectivity index (χ3v) is 7.24. The van der Waals surface area contributed by atoms with E-state index in [9.17, 15) is 4.79 Å². The van der Waals surface area contributed by atoms with Gasteiger partial charge in [0.2, 0.25) is 0 Å². The molecular weight excluding hydrogens is 414 g/mol. The summed E-state index contributed by atoms with van der Waals surface area (Å²) in [6, 6.07) is 10.9. The van der Waals surface area contributed by atoms with Gasteiger partial charge in [-0.15, -0.1) is 0 Å². The Morgan fingerprint density at radius 3 is 2.79 bits per heavy atom. The van der Waals surface area contributed by atoms with E-state index in [0.717, 1.165) is 61.6 Å². The molecule has 1 amide bonds. The van der Waals surface area contributed by atoms with Crippen LogP contribution >= 0.6 is 0 Å². The smallest absolute Gasteiger partial charge is 0.267 e. The second-order valence-electron chi connectivity index (χ2n) is 9.57. The Morgan fingerprint density at radius 2 is 2.03 bits per heavy atom. The second kappa shape index (κ2) is 8.76. The van der Waals surface area contributed by atoms with Crippen molar-refractivity contribution in [2.75, 3.05) is 39.1 Å². The van der Waals surface area contributed by atoms with Crippen molar-refractivity contribution in [2.45, 2.75) is 44.3 Å². The highest BCUT2D eigenvalue weighted by molar-refractivity contribution is 5.94. The van der Waals surface area contributed by atoms with Gasteiger partial charge in [0.25, 0.3) is 5.91 Å². The summed E-state index contributed by atoms with van der Waals surface area (Å²) in [7, 11) is 6.33. The average Bonchev–Trinajstić information content (AvgIpc) is 3.43. The predicted molar refractivity (Wildman–Crippen MR) is 129 cm³/mol. The monoisotopic (exact) mass is 447 g/mol. The number of aromatic nitrogens is 3. The highest BCUT2D eigenvalue weighted by Crippen LogP contribution is 2.33. The van der Waals surface area contributed by atoms with Crippen molar-refractivity contribution in [1.82, 2.24) is 24.2 Å². The van der Waals surface area contributed by atoms with Crippen LogP contribution in [0.3, 0.4) is 0 Å². The van der Waals surface area contributed by atoms with Gasteiger partial charge >= 0.3 is 0 Å². The van der Waals surface area contributed by atoms with Gasteiger partial charge in [0.05, 0.1) is 17.4 Å². The van der Waals surface area contributed by atoms with Crippen molar-refractivity contribution in [3.05, 3.63) is 59.2 Å². The number of imidazole rings is 1. The van der Waals surface area contributed by atoms with Crippen molar-refractivity contribution < 1.29 is 4.79 Å². The quantitative estimate of drug-likeness (QED) is 0.625. The minimum atomic E-state index is -0.441. The summed E-state index contributed by atoms with van der Waals surface area (Å²) >= 11 is 0. The van der Waals surface area contributed by atoms with Gasteiger partial charge in [-0.1, -0.05) is 12.1 Å². The molecule has 0 bridgehead atoms. The number of likely N-dealkylation sites (N-methyl/N-ethyl adjacent to an activating group) is 1. The van der Waals surface area contributed by atoms with Crippen LogP contribution in [0.15, 0.2) is 36.5 Å². The molecule has 1 aliphatic carbocycles. The molecule has 0 saturated carbocycles. The van der Waals surface area contributed by atoms with Crippen molar-refractivity contribution in [1.29, 1.82) is 0 Å². The molecule has 5 rings (SSSR count). The van der Waals surface area contributed by atoms with Gasteiger partial charge in [-0.05, 0) is 70.6 Å². The van der Waals surface area contributed by atoms with Crippen molar-refractivity contribution in [2.24, 2.45) is 5.73 Å². The van der Waals surface area contributed by atoms with E-state index in [-0.39, 0.29) is 6.04 Å². The molecule has 8 nitrogen and oxygen atoms in total. The maximum absolute atomic E-state index is 12.7. The number of nitrogens with zero attached hydrogens (tertiary/aromatic N) is 6. The van der Waals surface area contributed by atoms with E-state index >= 15 is 0 Å². The molecule has 1 aliphatic heterocycles. The highest BCUT2D eigenvalue weighted by Gasteiger charge is 2.30. The summed E-state index contributed by atoms with van der Waals surface area (Å²) in [5.41, 5.74) is 10.4. The molecule has 2 atom stereocenters. The molecule has 0 unspecified atom stereocenters. The van der Waals surface area contributed by atoms with E-state index in [1.54, 1.807) is 0 Å². The largest absolute Gasteiger partial charge is 0.364 e. The van der Waals surface area contributed by atoms with Crippen LogP contribution in [0.2, 0.25) is 0 Å². The number of amides is 1. The van der Waals surface area contributed by atoms with Crippen LogP contribution in [-0.4, -0.2) is 70.4 Å². The SMILES string of the molecule is CN(C)[C@@H]1CCN(c2cccc3nc(CN(C)[C@H]4CCCc5cccnc54)c(C(N)=O)n23)C1. The van der Waals surface area contributed by atoms with Crippen molar-refractivity contribution >= 4 is 17.4 Å². The van der Waals surface area contributed by atoms with E-state index in [1.165, 1.54) is 5.56 Å². The molecule has 33 heavy (non-hydrogen) atoms. The third-order valence-electron chi connectivity index (χ3n) is 7.24. The molecule has 8 heteroatoms. The minimum absolute atomic E-state index is 0.208. The van der Waals surface area contributed by atoms with Gasteiger partial charge < -0.3 is 15.5 Å². The van der Waals surface area contributed by atoms with Crippen LogP contribution in [-0.2, 0) is 13.0 Å². The Hall–Kier alpha value is -2.97. The fraction of sp³-hybridized carbons (Fsp3) is 0.480. The normalized spacial score (nSPS) is 20.7. The van der Waals surface area contributed by atoms with Gasteiger partial charge in [0.15, 0.2) is 0 Å². The molecule has 1 fully saturated rings. The number of primary amides is 1. The van der Waals surface area contributed by atoms with Crippen LogP contribution in [0.25, 0.3) is 5.65 Å². The number of aryl methyl sites for hydroxylation is 1. The van der Waals surface area contributed by atoms with Crippen LogP contribution in [0.5, 0.6) is 0 Å². The van der Waals surface area contributed by atoms with E-state index in [4.69, 9.17) is 10.7 Å². The third kappa shape index (κ3) is 3.98. The first-order chi connectivity index (χ1) is 15.9. The zero-order valence-electron chi connectivity index (χ0n) is 19.7. The summed E-state index contributed by atoms with van der Waals surface area (Å²) in [5, 5.41) is 0. The molecule has 2 N–H and O–H groups in total. The fourth-order valence-corrected chi connectivity index (χ4v) is 5.46. The minimum Gasteiger partial charge on any atom is -0.364 e. The number of rotatable bonds is 6. The predicted octanol–water partition coefficient (Wildman–Crippen LogP) is 2.48. The number of fused-ring (bicyclic) bond motifs is 2. The zero-order valence-corrected chi connectivity index (χ0v) is 19.7. The van der Waals surface area contributed by atoms with E-state index in [1.807, 2.05) is 28.8 Å². The fourth-order valence-electron chi connectivity index (χ4n) is 5.46. The van der Waals surface area contributed by atoms with E-state index in [0.29, 0.717) is 18.3 Å². The Kier molecular flexibility index (Phi) is 5.80. The summed E-state index contributed by atoms with van der Waals surface area (Å²) in [5.74, 6) is 0.542. The lowest BCUT2D eigenvalue weighted by Gasteiger charge is -2.32. The standard InChI is InChI=1S/C25H33N7O/c1-29(2)18-12-14-31(15-18)22-11-5-10-21-28-19(24(25(26)33)32(21)22)16-30(3)20-9-4-7-17-8-6-13-27-23(17)20/h5-6,8,10-11,13,18,20H,4,7,9,12,14-16H2,1-3H3,(H2,26,33)/t18-,20+/m1/s1. The van der Waals surface area contributed by atoms with Gasteiger partial charge in [0, 0.05) is 31.9 Å². The molecule has 3 aromatic rings. The zero-order chi connectivity index (χ0) is 23.1.